The first-order valence-electron chi connectivity index (χ1n) is 5.26. The smallest absolute Gasteiger partial charge is 0.361 e. The molecule has 0 saturated heterocycles. The molecule has 7 heteroatoms. The molecule has 2 rings (SSSR count). The lowest BCUT2D eigenvalue weighted by molar-refractivity contribution is -0.137. The van der Waals surface area contributed by atoms with Gasteiger partial charge in [0.1, 0.15) is 0 Å². The standard InChI is InChI=1S/C11H10F3N3S/c1-2-15-10-16-9(17-18-10)7-4-3-5-8(6-7)11(12,13)14/h3-6H,2H2,1H3,(H,15,16,17). The van der Waals surface area contributed by atoms with Gasteiger partial charge in [0.25, 0.3) is 0 Å². The molecule has 1 N–H and O–H groups in total. The van der Waals surface area contributed by atoms with Gasteiger partial charge in [0, 0.05) is 23.6 Å². The van der Waals surface area contributed by atoms with Gasteiger partial charge in [-0.25, -0.2) is 0 Å². The van der Waals surface area contributed by atoms with Crippen LogP contribution >= 0.6 is 11.5 Å². The van der Waals surface area contributed by atoms with E-state index >= 15 is 0 Å². The van der Waals surface area contributed by atoms with E-state index in [1.807, 2.05) is 6.92 Å². The number of alkyl halides is 3. The highest BCUT2D eigenvalue weighted by molar-refractivity contribution is 7.09. The van der Waals surface area contributed by atoms with Gasteiger partial charge in [-0.1, -0.05) is 12.1 Å². The molecule has 0 radical (unpaired) electrons. The summed E-state index contributed by atoms with van der Waals surface area (Å²) in [5.41, 5.74) is -0.329. The van der Waals surface area contributed by atoms with Crippen LogP contribution in [0.1, 0.15) is 12.5 Å². The molecule has 0 unspecified atom stereocenters. The highest BCUT2D eigenvalue weighted by atomic mass is 32.1. The average Bonchev–Trinajstić information content (AvgIpc) is 2.77. The van der Waals surface area contributed by atoms with Crippen molar-refractivity contribution in [3.8, 4) is 11.4 Å². The zero-order valence-electron chi connectivity index (χ0n) is 9.45. The first-order valence-corrected chi connectivity index (χ1v) is 6.03. The molecule has 0 atom stereocenters. The Morgan fingerprint density at radius 3 is 2.78 bits per heavy atom. The van der Waals surface area contributed by atoms with Gasteiger partial charge < -0.3 is 5.32 Å². The van der Waals surface area contributed by atoms with E-state index in [-0.39, 0.29) is 0 Å². The summed E-state index contributed by atoms with van der Waals surface area (Å²) in [7, 11) is 0. The summed E-state index contributed by atoms with van der Waals surface area (Å²) in [4.78, 5) is 4.12. The molecule has 0 bridgehead atoms. The van der Waals surface area contributed by atoms with Crippen LogP contribution in [-0.4, -0.2) is 15.9 Å². The first-order chi connectivity index (χ1) is 8.50. The van der Waals surface area contributed by atoms with Gasteiger partial charge in [-0.15, -0.1) is 0 Å². The number of nitrogens with zero attached hydrogens (tertiary/aromatic N) is 2. The van der Waals surface area contributed by atoms with Gasteiger partial charge >= 0.3 is 6.18 Å². The van der Waals surface area contributed by atoms with Gasteiger partial charge in [-0.05, 0) is 19.1 Å². The largest absolute Gasteiger partial charge is 0.416 e. The topological polar surface area (TPSA) is 37.8 Å². The number of aromatic nitrogens is 2. The summed E-state index contributed by atoms with van der Waals surface area (Å²) in [6.45, 7) is 2.60. The molecule has 1 heterocycles. The molecule has 0 aliphatic carbocycles. The highest BCUT2D eigenvalue weighted by Gasteiger charge is 2.30. The zero-order chi connectivity index (χ0) is 13.2. The van der Waals surface area contributed by atoms with Crippen molar-refractivity contribution in [2.75, 3.05) is 11.9 Å². The summed E-state index contributed by atoms with van der Waals surface area (Å²) in [6, 6.07) is 5.00. The molecule has 96 valence electrons. The van der Waals surface area contributed by atoms with E-state index in [0.717, 1.165) is 23.7 Å². The maximum absolute atomic E-state index is 12.6. The fourth-order valence-electron chi connectivity index (χ4n) is 1.40. The van der Waals surface area contributed by atoms with Gasteiger partial charge in [-0.3, -0.25) is 0 Å². The summed E-state index contributed by atoms with van der Waals surface area (Å²) in [5.74, 6) is 0.307. The fourth-order valence-corrected chi connectivity index (χ4v) is 2.05. The predicted molar refractivity (Wildman–Crippen MR) is 64.5 cm³/mol. The molecule has 0 aliphatic heterocycles. The number of anilines is 1. The van der Waals surface area contributed by atoms with Crippen LogP contribution in [0, 0.1) is 0 Å². The van der Waals surface area contributed by atoms with Gasteiger partial charge in [-0.2, -0.15) is 22.5 Å². The molecule has 0 amide bonds. The third-order valence-corrected chi connectivity index (χ3v) is 2.87. The van der Waals surface area contributed by atoms with Crippen molar-refractivity contribution in [2.24, 2.45) is 0 Å². The van der Waals surface area contributed by atoms with E-state index < -0.39 is 11.7 Å². The molecule has 0 fully saturated rings. The van der Waals surface area contributed by atoms with E-state index in [0.29, 0.717) is 23.1 Å². The Bertz CT molecular complexity index is 536. The van der Waals surface area contributed by atoms with E-state index in [9.17, 15) is 13.2 Å². The number of nitrogens with one attached hydrogen (secondary N) is 1. The second-order valence-corrected chi connectivity index (χ2v) is 4.28. The van der Waals surface area contributed by atoms with Crippen LogP contribution in [0.3, 0.4) is 0 Å². The Labute approximate surface area is 106 Å². The lowest BCUT2D eigenvalue weighted by atomic mass is 10.1. The van der Waals surface area contributed by atoms with Crippen molar-refractivity contribution >= 4 is 16.7 Å². The molecule has 18 heavy (non-hydrogen) atoms. The van der Waals surface area contributed by atoms with Crippen molar-refractivity contribution in [3.63, 3.8) is 0 Å². The molecule has 1 aromatic carbocycles. The predicted octanol–water partition coefficient (Wildman–Crippen LogP) is 3.66. The second kappa shape index (κ2) is 4.93. The van der Waals surface area contributed by atoms with Crippen molar-refractivity contribution in [1.29, 1.82) is 0 Å². The van der Waals surface area contributed by atoms with E-state index in [4.69, 9.17) is 0 Å². The lowest BCUT2D eigenvalue weighted by Crippen LogP contribution is -2.04. The molecular formula is C11H10F3N3S. The lowest BCUT2D eigenvalue weighted by Gasteiger charge is -2.06. The minimum atomic E-state index is -4.35. The SMILES string of the molecule is CCNc1nc(-c2cccc(C(F)(F)F)c2)ns1. The second-order valence-electron chi connectivity index (χ2n) is 3.53. The summed E-state index contributed by atoms with van der Waals surface area (Å²) >= 11 is 1.13. The molecule has 3 nitrogen and oxygen atoms in total. The minimum absolute atomic E-state index is 0.307. The van der Waals surface area contributed by atoms with Crippen molar-refractivity contribution in [2.45, 2.75) is 13.1 Å². The number of hydrogen-bond donors (Lipinski definition) is 1. The maximum Gasteiger partial charge on any atom is 0.416 e. The maximum atomic E-state index is 12.6. The van der Waals surface area contributed by atoms with Crippen LogP contribution < -0.4 is 5.32 Å². The van der Waals surface area contributed by atoms with Crippen molar-refractivity contribution in [3.05, 3.63) is 29.8 Å². The van der Waals surface area contributed by atoms with E-state index in [2.05, 4.69) is 14.7 Å². The summed E-state index contributed by atoms with van der Waals surface area (Å²) in [5, 5.41) is 3.57. The van der Waals surface area contributed by atoms with Gasteiger partial charge in [0.15, 0.2) is 5.82 Å². The highest BCUT2D eigenvalue weighted by Crippen LogP contribution is 2.32. The number of benzene rings is 1. The molecular weight excluding hydrogens is 263 g/mol. The Morgan fingerprint density at radius 2 is 2.11 bits per heavy atom. The number of halogens is 3. The molecule has 0 spiro atoms. The van der Waals surface area contributed by atoms with E-state index in [1.165, 1.54) is 6.07 Å². The third kappa shape index (κ3) is 2.79. The monoisotopic (exact) mass is 273 g/mol. The Kier molecular flexibility index (Phi) is 3.51. The Balaban J connectivity index is 2.32. The first kappa shape index (κ1) is 12.8. The van der Waals surface area contributed by atoms with Gasteiger partial charge in [0.2, 0.25) is 5.13 Å². The van der Waals surface area contributed by atoms with Crippen LogP contribution in [0.2, 0.25) is 0 Å². The average molecular weight is 273 g/mol. The summed E-state index contributed by atoms with van der Waals surface area (Å²) < 4.78 is 41.7. The van der Waals surface area contributed by atoms with Crippen molar-refractivity contribution < 1.29 is 13.2 Å². The van der Waals surface area contributed by atoms with Crippen molar-refractivity contribution in [1.82, 2.24) is 9.36 Å². The normalized spacial score (nSPS) is 11.6. The third-order valence-electron chi connectivity index (χ3n) is 2.20. The van der Waals surface area contributed by atoms with E-state index in [1.54, 1.807) is 6.07 Å². The number of rotatable bonds is 3. The van der Waals surface area contributed by atoms with Crippen LogP contribution in [0.5, 0.6) is 0 Å². The molecule has 1 aromatic heterocycles. The van der Waals surface area contributed by atoms with Gasteiger partial charge in [0.05, 0.1) is 5.56 Å². The summed E-state index contributed by atoms with van der Waals surface area (Å²) in [6.07, 6.45) is -4.35. The Hall–Kier alpha value is -1.63. The van der Waals surface area contributed by atoms with Crippen LogP contribution in [0.25, 0.3) is 11.4 Å². The number of hydrogen-bond acceptors (Lipinski definition) is 4. The quantitative estimate of drug-likeness (QED) is 0.927. The van der Waals surface area contributed by atoms with Crippen LogP contribution in [0.4, 0.5) is 18.3 Å². The Morgan fingerprint density at radius 1 is 1.33 bits per heavy atom. The fraction of sp³-hybridized carbons (Fsp3) is 0.273. The molecule has 2 aromatic rings. The zero-order valence-corrected chi connectivity index (χ0v) is 10.3. The van der Waals surface area contributed by atoms with Crippen LogP contribution in [0.15, 0.2) is 24.3 Å². The molecule has 0 aliphatic rings. The van der Waals surface area contributed by atoms with Crippen LogP contribution in [-0.2, 0) is 6.18 Å². The minimum Gasteiger partial charge on any atom is -0.361 e. The molecule has 0 saturated carbocycles.